The van der Waals surface area contributed by atoms with E-state index in [4.69, 9.17) is 4.55 Å². The van der Waals surface area contributed by atoms with Crippen molar-refractivity contribution in [3.8, 4) is 11.1 Å². The van der Waals surface area contributed by atoms with E-state index in [1.165, 1.54) is 22.3 Å². The molecule has 0 aliphatic heterocycles. The minimum Gasteiger partial charge on any atom is -0.281 e. The highest BCUT2D eigenvalue weighted by atomic mass is 32.2. The largest absolute Gasteiger partial charge is 0.460 e. The third kappa shape index (κ3) is 6.68. The van der Waals surface area contributed by atoms with Gasteiger partial charge in [-0.15, -0.1) is 0 Å². The third-order valence-electron chi connectivity index (χ3n) is 5.38. The zero-order valence-electron chi connectivity index (χ0n) is 19.4. The monoisotopic (exact) mass is 572 g/mol. The van der Waals surface area contributed by atoms with E-state index >= 15 is 0 Å². The first kappa shape index (κ1) is 31.2. The van der Waals surface area contributed by atoms with Crippen molar-refractivity contribution in [1.29, 1.82) is 0 Å². The number of hydrogen-bond donors (Lipinski definition) is 1. The average Bonchev–Trinajstić information content (AvgIpc) is 2.84. The fourth-order valence-corrected chi connectivity index (χ4v) is 3.74. The van der Waals surface area contributed by atoms with Crippen molar-refractivity contribution in [2.45, 2.75) is 42.5 Å². The molecule has 3 nitrogen and oxygen atoms in total. The SMILES string of the molecule is CC(Cc1cccc(-c2ccccc2)c1)c1ccccc1.O=S(=O)(O)C(F)(F)C(F)(F)C(F)(F)C(F)(F)F. The molecule has 0 aromatic heterocycles. The molecule has 0 spiro atoms. The summed E-state index contributed by atoms with van der Waals surface area (Å²) in [5.41, 5.74) is 5.38. The van der Waals surface area contributed by atoms with Crippen molar-refractivity contribution in [3.63, 3.8) is 0 Å². The van der Waals surface area contributed by atoms with Crippen molar-refractivity contribution in [1.82, 2.24) is 0 Å². The molecule has 0 saturated heterocycles. The summed E-state index contributed by atoms with van der Waals surface area (Å²) in [5, 5.41) is -7.00. The minimum atomic E-state index is -7.37. The number of halogens is 9. The maximum Gasteiger partial charge on any atom is 0.460 e. The molecule has 13 heteroatoms. The van der Waals surface area contributed by atoms with E-state index in [0.717, 1.165) is 6.42 Å². The molecule has 0 aliphatic carbocycles. The zero-order valence-corrected chi connectivity index (χ0v) is 20.3. The van der Waals surface area contributed by atoms with Crippen molar-refractivity contribution >= 4 is 10.1 Å². The van der Waals surface area contributed by atoms with Crippen LogP contribution in [0.15, 0.2) is 84.9 Å². The zero-order chi connectivity index (χ0) is 29.0. The minimum absolute atomic E-state index is 0.539. The van der Waals surface area contributed by atoms with Crippen LogP contribution < -0.4 is 0 Å². The van der Waals surface area contributed by atoms with Gasteiger partial charge in [-0.2, -0.15) is 47.9 Å². The second kappa shape index (κ2) is 11.4. The summed E-state index contributed by atoms with van der Waals surface area (Å²) < 4.78 is 134. The van der Waals surface area contributed by atoms with Crippen LogP contribution in [0.4, 0.5) is 39.5 Å². The molecular weight excluding hydrogens is 551 g/mol. The second-order valence-electron chi connectivity index (χ2n) is 8.22. The Labute approximate surface area is 212 Å². The van der Waals surface area contributed by atoms with E-state index in [-0.39, 0.29) is 0 Å². The van der Waals surface area contributed by atoms with Crippen molar-refractivity contribution < 1.29 is 52.5 Å². The van der Waals surface area contributed by atoms with Gasteiger partial charge in [-0.05, 0) is 34.6 Å². The lowest BCUT2D eigenvalue weighted by atomic mass is 9.92. The maximum atomic E-state index is 12.2. The normalized spacial score (nSPS) is 13.9. The van der Waals surface area contributed by atoms with Gasteiger partial charge in [-0.1, -0.05) is 91.9 Å². The smallest absolute Gasteiger partial charge is 0.281 e. The van der Waals surface area contributed by atoms with Crippen LogP contribution in [0.25, 0.3) is 11.1 Å². The van der Waals surface area contributed by atoms with Crippen LogP contribution in [0.2, 0.25) is 0 Å². The number of hydrogen-bond acceptors (Lipinski definition) is 2. The van der Waals surface area contributed by atoms with E-state index in [2.05, 4.69) is 91.9 Å². The quantitative estimate of drug-likeness (QED) is 0.231. The van der Waals surface area contributed by atoms with Crippen LogP contribution in [-0.4, -0.2) is 36.2 Å². The Morgan fingerprint density at radius 2 is 1.16 bits per heavy atom. The highest BCUT2D eigenvalue weighted by Crippen LogP contribution is 2.54. The van der Waals surface area contributed by atoms with Crippen LogP contribution >= 0.6 is 0 Å². The van der Waals surface area contributed by atoms with Gasteiger partial charge in [0.05, 0.1) is 0 Å². The molecule has 0 aliphatic rings. The molecule has 38 heavy (non-hydrogen) atoms. The molecule has 3 rings (SSSR count). The van der Waals surface area contributed by atoms with Crippen LogP contribution in [0.1, 0.15) is 24.0 Å². The molecular formula is C25H21F9O3S. The van der Waals surface area contributed by atoms with Crippen molar-refractivity contribution in [2.75, 3.05) is 0 Å². The van der Waals surface area contributed by atoms with Gasteiger partial charge in [-0.3, -0.25) is 4.55 Å². The summed E-state index contributed by atoms with van der Waals surface area (Å²) in [6, 6.07) is 30.2. The molecule has 208 valence electrons. The summed E-state index contributed by atoms with van der Waals surface area (Å²) in [7, 11) is -7.17. The van der Waals surface area contributed by atoms with Gasteiger partial charge < -0.3 is 0 Å². The summed E-state index contributed by atoms with van der Waals surface area (Å²) in [6.45, 7) is 2.30. The van der Waals surface area contributed by atoms with Gasteiger partial charge in [0.2, 0.25) is 0 Å². The fourth-order valence-electron chi connectivity index (χ4n) is 3.28. The lowest BCUT2D eigenvalue weighted by molar-refractivity contribution is -0.382. The number of benzene rings is 3. The van der Waals surface area contributed by atoms with Gasteiger partial charge in [0, 0.05) is 0 Å². The predicted octanol–water partition coefficient (Wildman–Crippen LogP) is 8.00. The molecule has 3 aromatic rings. The summed E-state index contributed by atoms with van der Waals surface area (Å²) in [6.07, 6.45) is -6.06. The highest BCUT2D eigenvalue weighted by Gasteiger charge is 2.85. The summed E-state index contributed by atoms with van der Waals surface area (Å²) in [4.78, 5) is 0. The Balaban J connectivity index is 0.000000275. The topological polar surface area (TPSA) is 54.4 Å². The van der Waals surface area contributed by atoms with Crippen molar-refractivity contribution in [3.05, 3.63) is 96.1 Å². The molecule has 1 unspecified atom stereocenters. The van der Waals surface area contributed by atoms with E-state index in [0.29, 0.717) is 5.92 Å². The van der Waals surface area contributed by atoms with Gasteiger partial charge in [0.1, 0.15) is 0 Å². The molecule has 1 atom stereocenters. The van der Waals surface area contributed by atoms with Crippen LogP contribution in [0, 0.1) is 0 Å². The van der Waals surface area contributed by atoms with Gasteiger partial charge in [0.15, 0.2) is 0 Å². The van der Waals surface area contributed by atoms with E-state index in [1.54, 1.807) is 0 Å². The highest BCUT2D eigenvalue weighted by molar-refractivity contribution is 7.87. The van der Waals surface area contributed by atoms with Crippen LogP contribution in [-0.2, 0) is 16.5 Å². The van der Waals surface area contributed by atoms with Gasteiger partial charge >= 0.3 is 33.4 Å². The second-order valence-corrected chi connectivity index (χ2v) is 9.68. The predicted molar refractivity (Wildman–Crippen MR) is 123 cm³/mol. The molecule has 0 fully saturated rings. The van der Waals surface area contributed by atoms with Gasteiger partial charge in [-0.25, -0.2) is 0 Å². The molecule has 0 amide bonds. The molecule has 0 saturated carbocycles. The average molecular weight is 572 g/mol. The van der Waals surface area contributed by atoms with E-state index in [9.17, 15) is 47.9 Å². The molecule has 1 N–H and O–H groups in total. The number of alkyl halides is 9. The Hall–Kier alpha value is -3.06. The lowest BCUT2D eigenvalue weighted by Crippen LogP contribution is -2.63. The first-order valence-electron chi connectivity index (χ1n) is 10.7. The Morgan fingerprint density at radius 3 is 1.63 bits per heavy atom. The maximum absolute atomic E-state index is 12.2. The molecule has 3 aromatic carbocycles. The summed E-state index contributed by atoms with van der Waals surface area (Å²) in [5.74, 6) is -14.2. The van der Waals surface area contributed by atoms with Crippen LogP contribution in [0.3, 0.4) is 0 Å². The Kier molecular flexibility index (Phi) is 9.31. The molecule has 0 heterocycles. The summed E-state index contributed by atoms with van der Waals surface area (Å²) >= 11 is 0. The van der Waals surface area contributed by atoms with E-state index in [1.807, 2.05) is 0 Å². The standard InChI is InChI=1S/C21H20.C4HF9O3S/c1-17(19-10-4-2-5-11-19)15-18-9-8-14-21(16-18)20-12-6-3-7-13-20;5-1(6,3(9,10)11)2(7,8)4(12,13)17(14,15)16/h2-14,16-17H,15H2,1H3;(H,14,15,16). The third-order valence-corrected chi connectivity index (χ3v) is 6.29. The molecule has 0 bridgehead atoms. The first-order chi connectivity index (χ1) is 17.3. The first-order valence-corrected chi connectivity index (χ1v) is 12.1. The Bertz CT molecular complexity index is 1290. The van der Waals surface area contributed by atoms with E-state index < -0.39 is 33.4 Å². The van der Waals surface area contributed by atoms with Gasteiger partial charge in [0.25, 0.3) is 0 Å². The number of rotatable bonds is 7. The Morgan fingerprint density at radius 1 is 0.684 bits per heavy atom. The van der Waals surface area contributed by atoms with Crippen LogP contribution in [0.5, 0.6) is 0 Å². The van der Waals surface area contributed by atoms with Crippen molar-refractivity contribution in [2.24, 2.45) is 0 Å². The lowest BCUT2D eigenvalue weighted by Gasteiger charge is -2.31. The molecule has 0 radical (unpaired) electrons. The fraction of sp³-hybridized carbons (Fsp3) is 0.280.